The van der Waals surface area contributed by atoms with Crippen LogP contribution in [0.15, 0.2) is 10.6 Å². The van der Waals surface area contributed by atoms with Crippen LogP contribution in [0.25, 0.3) is 0 Å². The van der Waals surface area contributed by atoms with Crippen LogP contribution in [-0.2, 0) is 9.53 Å². The number of ether oxygens (including phenoxy) is 1. The SMILES string of the molecule is CC1(C)SC(=O)C2OCC(Br)=CC21. The summed E-state index contributed by atoms with van der Waals surface area (Å²) in [5.74, 6) is 0.216. The molecule has 72 valence electrons. The highest BCUT2D eigenvalue weighted by Crippen LogP contribution is 2.47. The van der Waals surface area contributed by atoms with Crippen LogP contribution < -0.4 is 0 Å². The Morgan fingerprint density at radius 2 is 2.38 bits per heavy atom. The lowest BCUT2D eigenvalue weighted by Gasteiger charge is -2.28. The van der Waals surface area contributed by atoms with Crippen molar-refractivity contribution in [3.8, 4) is 0 Å². The smallest absolute Gasteiger partial charge is 0.218 e. The number of hydrogen-bond acceptors (Lipinski definition) is 3. The van der Waals surface area contributed by atoms with Crippen LogP contribution in [0, 0.1) is 5.92 Å². The highest BCUT2D eigenvalue weighted by molar-refractivity contribution is 9.11. The fourth-order valence-corrected chi connectivity index (χ4v) is 3.36. The minimum Gasteiger partial charge on any atom is -0.364 e. The summed E-state index contributed by atoms with van der Waals surface area (Å²) in [5, 5.41) is 0.172. The van der Waals surface area contributed by atoms with E-state index in [2.05, 4.69) is 35.9 Å². The van der Waals surface area contributed by atoms with Crippen LogP contribution in [0.1, 0.15) is 13.8 Å². The minimum atomic E-state index is -0.221. The molecular weight excluding hydrogens is 252 g/mol. The van der Waals surface area contributed by atoms with Gasteiger partial charge in [-0.15, -0.1) is 0 Å². The Balaban J connectivity index is 2.34. The number of halogens is 1. The number of carbonyl (C=O) groups excluding carboxylic acids is 1. The third kappa shape index (κ3) is 1.60. The molecule has 0 N–H and O–H groups in total. The van der Waals surface area contributed by atoms with Crippen molar-refractivity contribution < 1.29 is 9.53 Å². The van der Waals surface area contributed by atoms with E-state index in [-0.39, 0.29) is 21.9 Å². The van der Waals surface area contributed by atoms with Gasteiger partial charge in [0.2, 0.25) is 5.12 Å². The molecule has 0 radical (unpaired) electrons. The first-order chi connectivity index (χ1) is 6.00. The van der Waals surface area contributed by atoms with Gasteiger partial charge in [-0.2, -0.15) is 0 Å². The zero-order valence-corrected chi connectivity index (χ0v) is 9.94. The number of thioether (sulfide) groups is 1. The predicted octanol–water partition coefficient (Wildman–Crippen LogP) is 2.33. The normalized spacial score (nSPS) is 37.2. The first-order valence-corrected chi connectivity index (χ1v) is 5.82. The van der Waals surface area contributed by atoms with Crippen molar-refractivity contribution in [1.29, 1.82) is 0 Å². The molecule has 2 rings (SSSR count). The monoisotopic (exact) mass is 262 g/mol. The molecule has 0 aromatic heterocycles. The van der Waals surface area contributed by atoms with Crippen LogP contribution in [0.3, 0.4) is 0 Å². The fourth-order valence-electron chi connectivity index (χ4n) is 1.77. The van der Waals surface area contributed by atoms with E-state index < -0.39 is 0 Å². The molecule has 2 atom stereocenters. The number of hydrogen-bond donors (Lipinski definition) is 0. The summed E-state index contributed by atoms with van der Waals surface area (Å²) in [6.45, 7) is 4.71. The Labute approximate surface area is 90.2 Å². The standard InChI is InChI=1S/C9H11BrO2S/c1-9(2)6-3-5(10)4-12-7(6)8(11)13-9/h3,6-7H,4H2,1-2H3. The van der Waals surface area contributed by atoms with Crippen molar-refractivity contribution >= 4 is 32.8 Å². The minimum absolute atomic E-state index is 0.0266. The van der Waals surface area contributed by atoms with Gasteiger partial charge in [0, 0.05) is 15.1 Å². The van der Waals surface area contributed by atoms with E-state index in [0.29, 0.717) is 6.61 Å². The molecule has 4 heteroatoms. The molecule has 0 aromatic carbocycles. The molecule has 0 aromatic rings. The Bertz CT molecular complexity index is 285. The summed E-state index contributed by atoms with van der Waals surface area (Å²) in [6, 6.07) is 0. The molecule has 0 bridgehead atoms. The summed E-state index contributed by atoms with van der Waals surface area (Å²) in [5.41, 5.74) is 0. The summed E-state index contributed by atoms with van der Waals surface area (Å²) >= 11 is 4.81. The zero-order valence-electron chi connectivity index (χ0n) is 7.54. The molecule has 2 aliphatic rings. The number of rotatable bonds is 0. The van der Waals surface area contributed by atoms with Crippen molar-refractivity contribution in [3.63, 3.8) is 0 Å². The van der Waals surface area contributed by atoms with E-state index in [9.17, 15) is 4.79 Å². The van der Waals surface area contributed by atoms with Crippen molar-refractivity contribution in [2.24, 2.45) is 5.92 Å². The van der Waals surface area contributed by atoms with E-state index in [1.54, 1.807) is 0 Å². The molecule has 0 aliphatic carbocycles. The van der Waals surface area contributed by atoms with E-state index in [4.69, 9.17) is 4.74 Å². The van der Waals surface area contributed by atoms with Gasteiger partial charge in [0.05, 0.1) is 6.61 Å². The number of carbonyl (C=O) groups is 1. The summed E-state index contributed by atoms with van der Waals surface area (Å²) < 4.78 is 6.50. The second kappa shape index (κ2) is 3.11. The molecule has 0 spiro atoms. The van der Waals surface area contributed by atoms with Crippen molar-refractivity contribution in [3.05, 3.63) is 10.6 Å². The molecule has 2 unspecified atom stereocenters. The van der Waals surface area contributed by atoms with Crippen LogP contribution in [0.2, 0.25) is 0 Å². The van der Waals surface area contributed by atoms with Gasteiger partial charge in [-0.1, -0.05) is 33.8 Å². The lowest BCUT2D eigenvalue weighted by atomic mass is 9.89. The van der Waals surface area contributed by atoms with E-state index in [1.807, 2.05) is 0 Å². The first kappa shape index (κ1) is 9.74. The van der Waals surface area contributed by atoms with Crippen LogP contribution in [-0.4, -0.2) is 22.6 Å². The Morgan fingerprint density at radius 3 is 3.08 bits per heavy atom. The van der Waals surface area contributed by atoms with Gasteiger partial charge in [0.25, 0.3) is 0 Å². The van der Waals surface area contributed by atoms with E-state index in [0.717, 1.165) is 4.48 Å². The third-order valence-corrected chi connectivity index (χ3v) is 4.21. The largest absolute Gasteiger partial charge is 0.364 e. The second-order valence-corrected chi connectivity index (χ2v) is 6.57. The highest BCUT2D eigenvalue weighted by atomic mass is 79.9. The van der Waals surface area contributed by atoms with Gasteiger partial charge in [-0.05, 0) is 13.8 Å². The molecule has 0 amide bonds. The topological polar surface area (TPSA) is 26.3 Å². The fraction of sp³-hybridized carbons (Fsp3) is 0.667. The van der Waals surface area contributed by atoms with E-state index in [1.165, 1.54) is 11.8 Å². The molecule has 2 aliphatic heterocycles. The molecular formula is C9H11BrO2S. The summed E-state index contributed by atoms with van der Waals surface area (Å²) in [7, 11) is 0. The Morgan fingerprint density at radius 1 is 1.69 bits per heavy atom. The molecule has 1 saturated heterocycles. The Kier molecular flexibility index (Phi) is 2.33. The van der Waals surface area contributed by atoms with Gasteiger partial charge in [-0.25, -0.2) is 0 Å². The average molecular weight is 263 g/mol. The van der Waals surface area contributed by atoms with Crippen LogP contribution >= 0.6 is 27.7 Å². The van der Waals surface area contributed by atoms with Crippen LogP contribution in [0.4, 0.5) is 0 Å². The predicted molar refractivity (Wildman–Crippen MR) is 56.9 cm³/mol. The van der Waals surface area contributed by atoms with Gasteiger partial charge in [0.1, 0.15) is 6.10 Å². The molecule has 1 fully saturated rings. The van der Waals surface area contributed by atoms with Crippen molar-refractivity contribution in [2.45, 2.75) is 24.7 Å². The third-order valence-electron chi connectivity index (χ3n) is 2.49. The molecule has 0 saturated carbocycles. The maximum atomic E-state index is 11.5. The van der Waals surface area contributed by atoms with Gasteiger partial charge < -0.3 is 4.74 Å². The maximum Gasteiger partial charge on any atom is 0.218 e. The summed E-state index contributed by atoms with van der Waals surface area (Å²) in [6.07, 6.45) is 1.90. The highest BCUT2D eigenvalue weighted by Gasteiger charge is 2.49. The number of fused-ring (bicyclic) bond motifs is 1. The Hall–Kier alpha value is 0.200. The molecule has 2 heterocycles. The second-order valence-electron chi connectivity index (χ2n) is 3.90. The lowest BCUT2D eigenvalue weighted by Crippen LogP contribution is -2.34. The van der Waals surface area contributed by atoms with Gasteiger partial charge in [0.15, 0.2) is 0 Å². The van der Waals surface area contributed by atoms with Crippen LogP contribution in [0.5, 0.6) is 0 Å². The average Bonchev–Trinajstić information content (AvgIpc) is 2.23. The van der Waals surface area contributed by atoms with Gasteiger partial charge in [-0.3, -0.25) is 4.79 Å². The molecule has 2 nitrogen and oxygen atoms in total. The quantitative estimate of drug-likeness (QED) is 0.671. The zero-order chi connectivity index (χ0) is 9.64. The van der Waals surface area contributed by atoms with Gasteiger partial charge >= 0.3 is 0 Å². The summed E-state index contributed by atoms with van der Waals surface area (Å²) in [4.78, 5) is 11.5. The van der Waals surface area contributed by atoms with Crippen molar-refractivity contribution in [2.75, 3.05) is 6.61 Å². The lowest BCUT2D eigenvalue weighted by molar-refractivity contribution is -0.122. The van der Waals surface area contributed by atoms with E-state index >= 15 is 0 Å². The maximum absolute atomic E-state index is 11.5. The first-order valence-electron chi connectivity index (χ1n) is 4.21. The van der Waals surface area contributed by atoms with Crippen molar-refractivity contribution in [1.82, 2.24) is 0 Å². The molecule has 13 heavy (non-hydrogen) atoms.